The van der Waals surface area contributed by atoms with Crippen LogP contribution in [-0.2, 0) is 19.6 Å². The fourth-order valence-electron chi connectivity index (χ4n) is 4.07. The van der Waals surface area contributed by atoms with Crippen LogP contribution in [0.25, 0.3) is 0 Å². The summed E-state index contributed by atoms with van der Waals surface area (Å²) in [7, 11) is 0. The Morgan fingerprint density at radius 2 is 1.89 bits per heavy atom. The average Bonchev–Trinajstić information content (AvgIpc) is 3.29. The largest absolute Gasteiger partial charge is 0.490 e. The van der Waals surface area contributed by atoms with E-state index in [4.69, 9.17) is 9.84 Å². The van der Waals surface area contributed by atoms with E-state index in [2.05, 4.69) is 34.3 Å². The lowest BCUT2D eigenvalue weighted by Gasteiger charge is -2.20. The number of aryl methyl sites for hydroxylation is 1. The van der Waals surface area contributed by atoms with Gasteiger partial charge in [-0.3, -0.25) is 9.58 Å². The van der Waals surface area contributed by atoms with Crippen molar-refractivity contribution in [1.82, 2.24) is 14.7 Å². The number of aromatic nitrogens is 2. The molecular formula is C21H29N3O3. The maximum atomic E-state index is 9.83. The second kappa shape index (κ2) is 8.42. The number of fused-ring (bicyclic) bond motifs is 1. The molecule has 0 spiro atoms. The van der Waals surface area contributed by atoms with Crippen LogP contribution in [0.5, 0.6) is 5.75 Å². The Labute approximate surface area is 160 Å². The molecule has 27 heavy (non-hydrogen) atoms. The lowest BCUT2D eigenvalue weighted by molar-refractivity contribution is 0.0916. The molecule has 1 aromatic carbocycles. The fraction of sp³-hybridized carbons (Fsp3) is 0.571. The molecule has 146 valence electrons. The molecule has 0 saturated heterocycles. The Balaban J connectivity index is 1.38. The first-order valence-electron chi connectivity index (χ1n) is 10.0. The summed E-state index contributed by atoms with van der Waals surface area (Å²) in [5.41, 5.74) is 2.93. The summed E-state index contributed by atoms with van der Waals surface area (Å²) in [5.74, 6) is 0.974. The zero-order valence-electron chi connectivity index (χ0n) is 15.8. The van der Waals surface area contributed by atoms with Crippen molar-refractivity contribution in [3.8, 4) is 5.75 Å². The van der Waals surface area contributed by atoms with E-state index < -0.39 is 6.10 Å². The van der Waals surface area contributed by atoms with Crippen molar-refractivity contribution < 1.29 is 14.9 Å². The van der Waals surface area contributed by atoms with Gasteiger partial charge in [0.1, 0.15) is 11.9 Å². The van der Waals surface area contributed by atoms with Gasteiger partial charge in [0.15, 0.2) is 0 Å². The van der Waals surface area contributed by atoms with E-state index in [0.717, 1.165) is 44.0 Å². The Morgan fingerprint density at radius 1 is 1.11 bits per heavy atom. The number of ether oxygens (including phenoxy) is 1. The Morgan fingerprint density at radius 3 is 2.63 bits per heavy atom. The highest BCUT2D eigenvalue weighted by Crippen LogP contribution is 2.25. The summed E-state index contributed by atoms with van der Waals surface area (Å²) in [4.78, 5) is 2.41. The molecule has 2 aliphatic rings. The maximum Gasteiger partial charge on any atom is 0.121 e. The summed E-state index contributed by atoms with van der Waals surface area (Å²) in [6, 6.07) is 10.4. The molecule has 0 unspecified atom stereocenters. The highest BCUT2D eigenvalue weighted by atomic mass is 16.5. The zero-order valence-corrected chi connectivity index (χ0v) is 15.8. The Bertz CT molecular complexity index is 738. The van der Waals surface area contributed by atoms with Crippen LogP contribution in [0, 0.1) is 0 Å². The molecule has 1 aliphatic heterocycles. The van der Waals surface area contributed by atoms with Crippen molar-refractivity contribution in [1.29, 1.82) is 0 Å². The number of rotatable bonds is 6. The van der Waals surface area contributed by atoms with Gasteiger partial charge < -0.3 is 14.9 Å². The number of nitrogens with zero attached hydrogens (tertiary/aromatic N) is 3. The minimum atomic E-state index is -0.898. The molecule has 2 N–H and O–H groups in total. The van der Waals surface area contributed by atoms with Gasteiger partial charge in [-0.15, -0.1) is 0 Å². The van der Waals surface area contributed by atoms with Crippen LogP contribution in [0.4, 0.5) is 0 Å². The molecule has 2 heterocycles. The molecule has 0 amide bonds. The van der Waals surface area contributed by atoms with Crippen LogP contribution in [0.3, 0.4) is 0 Å². The number of aliphatic hydroxyl groups excluding tert-OH is 2. The first kappa shape index (κ1) is 18.5. The first-order valence-corrected chi connectivity index (χ1v) is 10.0. The third-order valence-corrected chi connectivity index (χ3v) is 5.56. The summed E-state index contributed by atoms with van der Waals surface area (Å²) in [6.07, 6.45) is 5.44. The number of benzene rings is 1. The predicted octanol–water partition coefficient (Wildman–Crippen LogP) is 2.64. The number of hydrogen-bond donors (Lipinski definition) is 2. The van der Waals surface area contributed by atoms with Gasteiger partial charge in [-0.2, -0.15) is 5.10 Å². The number of aliphatic hydroxyl groups is 2. The molecule has 0 bridgehead atoms. The van der Waals surface area contributed by atoms with E-state index in [1.165, 1.54) is 31.2 Å². The molecule has 4 rings (SSSR count). The third kappa shape index (κ3) is 4.51. The van der Waals surface area contributed by atoms with E-state index >= 15 is 0 Å². The van der Waals surface area contributed by atoms with Gasteiger partial charge in [-0.25, -0.2) is 0 Å². The standard InChI is InChI=1S/C21H29N3O3/c25-15-21(26)20-12-17-14-23(10-3-11-24(17)22-20)13-16-6-8-19(9-7-16)27-18-4-1-2-5-18/h6-9,12,18,21,25-26H,1-5,10-11,13-15H2/t21-/m1/s1. The molecule has 1 saturated carbocycles. The number of hydrogen-bond acceptors (Lipinski definition) is 5. The monoisotopic (exact) mass is 371 g/mol. The highest BCUT2D eigenvalue weighted by Gasteiger charge is 2.20. The first-order chi connectivity index (χ1) is 13.2. The van der Waals surface area contributed by atoms with E-state index in [0.29, 0.717) is 11.8 Å². The molecule has 2 aromatic rings. The lowest BCUT2D eigenvalue weighted by atomic mass is 10.2. The summed E-state index contributed by atoms with van der Waals surface area (Å²) in [6.45, 7) is 3.24. The molecule has 1 aromatic heterocycles. The van der Waals surface area contributed by atoms with Crippen molar-refractivity contribution in [2.45, 2.75) is 63.9 Å². The van der Waals surface area contributed by atoms with Gasteiger partial charge in [0, 0.05) is 26.2 Å². The van der Waals surface area contributed by atoms with Crippen LogP contribution in [0.15, 0.2) is 30.3 Å². The molecule has 0 radical (unpaired) electrons. The quantitative estimate of drug-likeness (QED) is 0.817. The topological polar surface area (TPSA) is 70.8 Å². The minimum absolute atomic E-state index is 0.296. The molecule has 6 heteroatoms. The molecule has 1 aliphatic carbocycles. The van der Waals surface area contributed by atoms with Crippen molar-refractivity contribution in [3.05, 3.63) is 47.3 Å². The van der Waals surface area contributed by atoms with Crippen molar-refractivity contribution in [2.24, 2.45) is 0 Å². The Kier molecular flexibility index (Phi) is 5.76. The van der Waals surface area contributed by atoms with Crippen molar-refractivity contribution in [2.75, 3.05) is 13.2 Å². The van der Waals surface area contributed by atoms with Crippen LogP contribution in [-0.4, -0.2) is 44.1 Å². The molecule has 6 nitrogen and oxygen atoms in total. The predicted molar refractivity (Wildman–Crippen MR) is 102 cm³/mol. The average molecular weight is 371 g/mol. The van der Waals surface area contributed by atoms with Gasteiger partial charge in [-0.1, -0.05) is 12.1 Å². The lowest BCUT2D eigenvalue weighted by Crippen LogP contribution is -2.22. The fourth-order valence-corrected chi connectivity index (χ4v) is 4.07. The smallest absolute Gasteiger partial charge is 0.121 e. The molecule has 1 fully saturated rings. The van der Waals surface area contributed by atoms with Gasteiger partial charge in [0.2, 0.25) is 0 Å². The SMILES string of the molecule is OC[C@@H](O)c1cc2n(n1)CCCN(Cc1ccc(OC3CCCC3)cc1)C2. The van der Waals surface area contributed by atoms with Crippen molar-refractivity contribution >= 4 is 0 Å². The second-order valence-corrected chi connectivity index (χ2v) is 7.71. The Hall–Kier alpha value is -1.89. The highest BCUT2D eigenvalue weighted by molar-refractivity contribution is 5.27. The molecule has 1 atom stereocenters. The van der Waals surface area contributed by atoms with Crippen molar-refractivity contribution in [3.63, 3.8) is 0 Å². The normalized spacial score (nSPS) is 19.6. The van der Waals surface area contributed by atoms with Gasteiger partial charge >= 0.3 is 0 Å². The van der Waals surface area contributed by atoms with Crippen LogP contribution in [0.1, 0.15) is 55.2 Å². The van der Waals surface area contributed by atoms with Crippen LogP contribution >= 0.6 is 0 Å². The van der Waals surface area contributed by atoms with Gasteiger partial charge in [0.25, 0.3) is 0 Å². The summed E-state index contributed by atoms with van der Waals surface area (Å²) < 4.78 is 8.02. The zero-order chi connectivity index (χ0) is 18.6. The van der Waals surface area contributed by atoms with E-state index in [1.54, 1.807) is 0 Å². The van der Waals surface area contributed by atoms with Crippen LogP contribution < -0.4 is 4.74 Å². The van der Waals surface area contributed by atoms with Crippen LogP contribution in [0.2, 0.25) is 0 Å². The van der Waals surface area contributed by atoms with E-state index in [9.17, 15) is 5.11 Å². The summed E-state index contributed by atoms with van der Waals surface area (Å²) >= 11 is 0. The van der Waals surface area contributed by atoms with Gasteiger partial charge in [0.05, 0.1) is 24.1 Å². The van der Waals surface area contributed by atoms with E-state index in [1.807, 2.05) is 10.7 Å². The maximum absolute atomic E-state index is 9.83. The van der Waals surface area contributed by atoms with E-state index in [-0.39, 0.29) is 6.61 Å². The molecular weight excluding hydrogens is 342 g/mol. The minimum Gasteiger partial charge on any atom is -0.490 e. The van der Waals surface area contributed by atoms with Gasteiger partial charge in [-0.05, 0) is 55.9 Å². The second-order valence-electron chi connectivity index (χ2n) is 7.71. The summed E-state index contributed by atoms with van der Waals surface area (Å²) in [5, 5.41) is 23.4. The third-order valence-electron chi connectivity index (χ3n) is 5.56.